The lowest BCUT2D eigenvalue weighted by atomic mass is 9.78. The summed E-state index contributed by atoms with van der Waals surface area (Å²) in [6.07, 6.45) is 1.11. The van der Waals surface area contributed by atoms with Gasteiger partial charge < -0.3 is 14.8 Å². The Hall–Kier alpha value is -2.00. The molecule has 0 amide bonds. The van der Waals surface area contributed by atoms with Crippen molar-refractivity contribution in [2.75, 3.05) is 20.8 Å². The van der Waals surface area contributed by atoms with Crippen LogP contribution in [0.1, 0.15) is 22.6 Å². The largest absolute Gasteiger partial charge is 0.497 e. The van der Waals surface area contributed by atoms with E-state index in [-0.39, 0.29) is 0 Å². The van der Waals surface area contributed by atoms with Gasteiger partial charge in [0.2, 0.25) is 0 Å². The summed E-state index contributed by atoms with van der Waals surface area (Å²) in [4.78, 5) is 0. The van der Waals surface area contributed by atoms with E-state index in [9.17, 15) is 0 Å². The van der Waals surface area contributed by atoms with E-state index in [1.807, 2.05) is 19.2 Å². The first-order chi connectivity index (χ1) is 10.3. The van der Waals surface area contributed by atoms with E-state index >= 15 is 0 Å². The number of hydrogen-bond acceptors (Lipinski definition) is 3. The monoisotopic (exact) mass is 283 g/mol. The first kappa shape index (κ1) is 14.0. The van der Waals surface area contributed by atoms with E-state index in [4.69, 9.17) is 9.47 Å². The predicted octanol–water partition coefficient (Wildman–Crippen LogP) is 3.13. The fourth-order valence-corrected chi connectivity index (χ4v) is 2.83. The number of fused-ring (bicyclic) bond motifs is 1. The molecule has 0 spiro atoms. The molecule has 0 saturated heterocycles. The summed E-state index contributed by atoms with van der Waals surface area (Å²) >= 11 is 0. The van der Waals surface area contributed by atoms with Crippen LogP contribution in [0.2, 0.25) is 0 Å². The van der Waals surface area contributed by atoms with Gasteiger partial charge in [-0.15, -0.1) is 0 Å². The molecule has 2 aromatic carbocycles. The van der Waals surface area contributed by atoms with Crippen molar-refractivity contribution < 1.29 is 9.47 Å². The topological polar surface area (TPSA) is 30.5 Å². The highest BCUT2D eigenvalue weighted by Gasteiger charge is 2.26. The Kier molecular flexibility index (Phi) is 4.11. The van der Waals surface area contributed by atoms with Gasteiger partial charge in [0, 0.05) is 24.1 Å². The van der Waals surface area contributed by atoms with Crippen LogP contribution in [0.15, 0.2) is 42.5 Å². The fourth-order valence-electron chi connectivity index (χ4n) is 2.83. The molecule has 0 bridgehead atoms. The molecule has 0 saturated carbocycles. The highest BCUT2D eigenvalue weighted by molar-refractivity contribution is 5.42. The van der Waals surface area contributed by atoms with Crippen LogP contribution in [-0.2, 0) is 13.0 Å². The molecule has 110 valence electrons. The highest BCUT2D eigenvalue weighted by atomic mass is 16.5. The van der Waals surface area contributed by atoms with Crippen LogP contribution in [0.5, 0.6) is 11.5 Å². The Morgan fingerprint density at radius 1 is 1.19 bits per heavy atom. The molecule has 0 aromatic heterocycles. The van der Waals surface area contributed by atoms with E-state index in [2.05, 4.69) is 35.6 Å². The third kappa shape index (κ3) is 2.88. The van der Waals surface area contributed by atoms with Crippen LogP contribution in [0.25, 0.3) is 0 Å². The average Bonchev–Trinajstić information content (AvgIpc) is 2.50. The van der Waals surface area contributed by atoms with Crippen LogP contribution < -0.4 is 14.8 Å². The van der Waals surface area contributed by atoms with Gasteiger partial charge in [-0.1, -0.05) is 30.3 Å². The zero-order valence-electron chi connectivity index (χ0n) is 12.6. The van der Waals surface area contributed by atoms with Crippen LogP contribution >= 0.6 is 0 Å². The van der Waals surface area contributed by atoms with Crippen LogP contribution in [-0.4, -0.2) is 20.8 Å². The summed E-state index contributed by atoms with van der Waals surface area (Å²) in [5.41, 5.74) is 4.04. The molecule has 1 N–H and O–H groups in total. The fraction of sp³-hybridized carbons (Fsp3) is 0.333. The average molecular weight is 283 g/mol. The molecule has 1 unspecified atom stereocenters. The Balaban J connectivity index is 1.70. The number of hydrogen-bond donors (Lipinski definition) is 1. The lowest BCUT2D eigenvalue weighted by Crippen LogP contribution is -2.23. The molecule has 0 aliphatic heterocycles. The van der Waals surface area contributed by atoms with Crippen molar-refractivity contribution in [3.63, 3.8) is 0 Å². The van der Waals surface area contributed by atoms with Crippen LogP contribution in [0.3, 0.4) is 0 Å². The van der Waals surface area contributed by atoms with Crippen molar-refractivity contribution in [1.29, 1.82) is 0 Å². The summed E-state index contributed by atoms with van der Waals surface area (Å²) < 4.78 is 11.4. The van der Waals surface area contributed by atoms with Crippen LogP contribution in [0, 0.1) is 0 Å². The molecule has 0 fully saturated rings. The van der Waals surface area contributed by atoms with Crippen LogP contribution in [0.4, 0.5) is 0 Å². The zero-order valence-corrected chi connectivity index (χ0v) is 12.6. The minimum atomic E-state index is 0.509. The molecule has 2 aromatic rings. The second-order valence-corrected chi connectivity index (χ2v) is 5.41. The van der Waals surface area contributed by atoms with Gasteiger partial charge in [0.25, 0.3) is 0 Å². The molecule has 1 atom stereocenters. The Bertz CT molecular complexity index is 624. The predicted molar refractivity (Wildman–Crippen MR) is 84.1 cm³/mol. The second kappa shape index (κ2) is 6.19. The first-order valence-corrected chi connectivity index (χ1v) is 7.34. The van der Waals surface area contributed by atoms with Gasteiger partial charge in [-0.25, -0.2) is 0 Å². The van der Waals surface area contributed by atoms with Gasteiger partial charge in [0.1, 0.15) is 11.5 Å². The molecule has 0 heterocycles. The molecular formula is C18H21NO2. The van der Waals surface area contributed by atoms with Crippen molar-refractivity contribution in [1.82, 2.24) is 5.32 Å². The van der Waals surface area contributed by atoms with E-state index in [1.165, 1.54) is 11.1 Å². The van der Waals surface area contributed by atoms with Gasteiger partial charge in [0.15, 0.2) is 0 Å². The molecular weight excluding hydrogens is 262 g/mol. The number of benzene rings is 2. The number of methoxy groups -OCH3 is 1. The summed E-state index contributed by atoms with van der Waals surface area (Å²) in [7, 11) is 3.62. The van der Waals surface area contributed by atoms with Gasteiger partial charge in [0.05, 0.1) is 13.7 Å². The van der Waals surface area contributed by atoms with Gasteiger partial charge in [-0.3, -0.25) is 0 Å². The normalized spacial score (nSPS) is 16.0. The lowest BCUT2D eigenvalue weighted by Gasteiger charge is -2.30. The van der Waals surface area contributed by atoms with Crippen molar-refractivity contribution >= 4 is 0 Å². The second-order valence-electron chi connectivity index (χ2n) is 5.41. The van der Waals surface area contributed by atoms with Crippen molar-refractivity contribution in [3.8, 4) is 11.5 Å². The van der Waals surface area contributed by atoms with Gasteiger partial charge in [-0.05, 0) is 30.7 Å². The number of rotatable bonds is 6. The Morgan fingerprint density at radius 3 is 2.81 bits per heavy atom. The summed E-state index contributed by atoms with van der Waals surface area (Å²) in [6, 6.07) is 14.6. The van der Waals surface area contributed by atoms with Crippen molar-refractivity contribution in [2.45, 2.75) is 18.9 Å². The molecule has 21 heavy (non-hydrogen) atoms. The molecule has 3 rings (SSSR count). The van der Waals surface area contributed by atoms with Crippen molar-refractivity contribution in [2.24, 2.45) is 0 Å². The molecule has 1 aliphatic carbocycles. The lowest BCUT2D eigenvalue weighted by molar-refractivity contribution is 0.271. The maximum Gasteiger partial charge on any atom is 0.127 e. The maximum atomic E-state index is 6.07. The standard InChI is InChI=1S/C18H21NO2/c1-19-11-14-7-8-16(20-2)10-18(14)21-12-15-9-13-5-3-4-6-17(13)15/h3-8,10,15,19H,9,11-12H2,1-2H3. The molecule has 1 aliphatic rings. The summed E-state index contributed by atoms with van der Waals surface area (Å²) in [6.45, 7) is 1.52. The van der Waals surface area contributed by atoms with E-state index in [1.54, 1.807) is 7.11 Å². The van der Waals surface area contributed by atoms with Gasteiger partial charge >= 0.3 is 0 Å². The van der Waals surface area contributed by atoms with E-state index < -0.39 is 0 Å². The minimum absolute atomic E-state index is 0.509. The maximum absolute atomic E-state index is 6.07. The Morgan fingerprint density at radius 2 is 2.05 bits per heavy atom. The van der Waals surface area contributed by atoms with Gasteiger partial charge in [-0.2, -0.15) is 0 Å². The zero-order chi connectivity index (χ0) is 14.7. The third-order valence-corrected chi connectivity index (χ3v) is 4.04. The number of nitrogens with one attached hydrogen (secondary N) is 1. The van der Waals surface area contributed by atoms with E-state index in [0.717, 1.165) is 36.6 Å². The SMILES string of the molecule is CNCc1ccc(OC)cc1OCC1Cc2ccccc21. The third-order valence-electron chi connectivity index (χ3n) is 4.04. The van der Waals surface area contributed by atoms with E-state index in [0.29, 0.717) is 5.92 Å². The first-order valence-electron chi connectivity index (χ1n) is 7.34. The Labute approximate surface area is 125 Å². The molecule has 3 heteroatoms. The summed E-state index contributed by atoms with van der Waals surface area (Å²) in [5.74, 6) is 2.25. The summed E-state index contributed by atoms with van der Waals surface area (Å²) in [5, 5.41) is 3.17. The highest BCUT2D eigenvalue weighted by Crippen LogP contribution is 2.35. The number of ether oxygens (including phenoxy) is 2. The molecule has 0 radical (unpaired) electrons. The molecule has 3 nitrogen and oxygen atoms in total. The minimum Gasteiger partial charge on any atom is -0.497 e. The smallest absolute Gasteiger partial charge is 0.127 e. The quantitative estimate of drug-likeness (QED) is 0.883. The van der Waals surface area contributed by atoms with Crippen molar-refractivity contribution in [3.05, 3.63) is 59.2 Å².